The molecule has 0 heterocycles. The number of benzene rings is 2. The molecule has 0 saturated carbocycles. The zero-order chi connectivity index (χ0) is 27.9. The van der Waals surface area contributed by atoms with Gasteiger partial charge in [0.15, 0.2) is 0 Å². The van der Waals surface area contributed by atoms with Gasteiger partial charge in [-0.05, 0) is 88.3 Å². The van der Waals surface area contributed by atoms with Crippen molar-refractivity contribution in [2.45, 2.75) is 65.6 Å². The van der Waals surface area contributed by atoms with Crippen LogP contribution in [0.3, 0.4) is 0 Å². The van der Waals surface area contributed by atoms with Gasteiger partial charge in [-0.15, -0.1) is 0 Å². The molecule has 0 saturated heterocycles. The second-order valence-corrected chi connectivity index (χ2v) is 11.4. The van der Waals surface area contributed by atoms with Crippen LogP contribution in [-0.2, 0) is 14.3 Å². The number of rotatable bonds is 9. The maximum absolute atomic E-state index is 13.8. The predicted molar refractivity (Wildman–Crippen MR) is 152 cm³/mol. The second kappa shape index (κ2) is 13.2. The van der Waals surface area contributed by atoms with Crippen molar-refractivity contribution in [3.05, 3.63) is 63.7 Å². The summed E-state index contributed by atoms with van der Waals surface area (Å²) in [5.74, 6) is -0.155. The van der Waals surface area contributed by atoms with Crippen LogP contribution in [-0.4, -0.2) is 53.5 Å². The van der Waals surface area contributed by atoms with Crippen molar-refractivity contribution in [3.8, 4) is 0 Å². The number of thioether (sulfide) groups is 1. The Hall–Kier alpha value is -2.71. The van der Waals surface area contributed by atoms with E-state index >= 15 is 0 Å². The Morgan fingerprint density at radius 2 is 1.68 bits per heavy atom. The quantitative estimate of drug-likeness (QED) is 0.399. The summed E-state index contributed by atoms with van der Waals surface area (Å²) in [5, 5.41) is 6.05. The number of halogens is 1. The largest absolute Gasteiger partial charge is 0.444 e. The van der Waals surface area contributed by atoms with Gasteiger partial charge in [-0.3, -0.25) is 9.59 Å². The fourth-order valence-electron chi connectivity index (χ4n) is 3.89. The van der Waals surface area contributed by atoms with Gasteiger partial charge < -0.3 is 20.3 Å². The molecule has 2 atom stereocenters. The van der Waals surface area contributed by atoms with Crippen LogP contribution in [0.4, 0.5) is 10.5 Å². The molecule has 0 aliphatic heterocycles. The van der Waals surface area contributed by atoms with Crippen LogP contribution in [0.1, 0.15) is 55.5 Å². The van der Waals surface area contributed by atoms with Crippen LogP contribution in [0.2, 0.25) is 5.02 Å². The Labute approximate surface area is 229 Å². The van der Waals surface area contributed by atoms with E-state index in [1.165, 1.54) is 4.90 Å². The summed E-state index contributed by atoms with van der Waals surface area (Å²) in [4.78, 5) is 41.5. The van der Waals surface area contributed by atoms with Crippen molar-refractivity contribution in [1.82, 2.24) is 10.2 Å². The molecule has 202 valence electrons. The van der Waals surface area contributed by atoms with E-state index in [4.69, 9.17) is 16.3 Å². The van der Waals surface area contributed by atoms with E-state index in [2.05, 4.69) is 10.6 Å². The molecular weight excluding hydrogens is 510 g/mol. The van der Waals surface area contributed by atoms with E-state index in [0.717, 1.165) is 16.7 Å². The molecular formula is C28H38ClN3O4S. The Kier molecular flexibility index (Phi) is 10.9. The highest BCUT2D eigenvalue weighted by Gasteiger charge is 2.35. The van der Waals surface area contributed by atoms with Crippen LogP contribution in [0.5, 0.6) is 0 Å². The average Bonchev–Trinajstić information content (AvgIpc) is 2.80. The molecule has 0 aliphatic carbocycles. The molecule has 0 aliphatic rings. The first kappa shape index (κ1) is 30.5. The first-order valence-corrected chi connectivity index (χ1v) is 13.9. The van der Waals surface area contributed by atoms with E-state index in [1.54, 1.807) is 45.6 Å². The summed E-state index contributed by atoms with van der Waals surface area (Å²) in [6, 6.07) is 9.20. The monoisotopic (exact) mass is 547 g/mol. The van der Waals surface area contributed by atoms with Crippen LogP contribution in [0.15, 0.2) is 36.4 Å². The molecule has 2 aromatic carbocycles. The highest BCUT2D eigenvalue weighted by Crippen LogP contribution is 2.31. The number of hydrogen-bond acceptors (Lipinski definition) is 5. The number of carbonyl (C=O) groups excluding carboxylic acids is 3. The molecule has 2 unspecified atom stereocenters. The summed E-state index contributed by atoms with van der Waals surface area (Å²) in [7, 11) is 1.58. The van der Waals surface area contributed by atoms with Gasteiger partial charge in [-0.2, -0.15) is 11.8 Å². The van der Waals surface area contributed by atoms with Crippen molar-refractivity contribution < 1.29 is 19.1 Å². The number of aryl methyl sites for hydroxylation is 2. The van der Waals surface area contributed by atoms with Gasteiger partial charge in [-0.25, -0.2) is 4.79 Å². The fraction of sp³-hybridized carbons (Fsp3) is 0.464. The van der Waals surface area contributed by atoms with Crippen LogP contribution >= 0.6 is 23.4 Å². The first-order chi connectivity index (χ1) is 17.3. The first-order valence-electron chi connectivity index (χ1n) is 12.1. The molecule has 37 heavy (non-hydrogen) atoms. The number of ether oxygens (including phenoxy) is 1. The molecule has 9 heteroatoms. The number of hydrogen-bond donors (Lipinski definition) is 2. The maximum atomic E-state index is 13.8. The minimum absolute atomic E-state index is 0.383. The fourth-order valence-corrected chi connectivity index (χ4v) is 4.63. The van der Waals surface area contributed by atoms with E-state index in [1.807, 2.05) is 57.4 Å². The van der Waals surface area contributed by atoms with Crippen molar-refractivity contribution in [2.24, 2.45) is 0 Å². The summed E-state index contributed by atoms with van der Waals surface area (Å²) < 4.78 is 5.39. The summed E-state index contributed by atoms with van der Waals surface area (Å²) in [5.41, 5.74) is 3.18. The van der Waals surface area contributed by atoms with Gasteiger partial charge in [0.25, 0.3) is 5.91 Å². The number of anilines is 1. The standard InChI is InChI=1S/C28H38ClN3O4S/c1-17-11-9-13-20(19(17)3)24(25(33)31-23-18(2)12-10-14-21(23)29)32(7)26(34)22(15-16-37-8)30-27(35)36-28(4,5)6/h9-14,22,24H,15-16H2,1-8H3,(H,30,35)(H,31,33). The Morgan fingerprint density at radius 3 is 2.27 bits per heavy atom. The number of amides is 3. The average molecular weight is 548 g/mol. The molecule has 0 aromatic heterocycles. The van der Waals surface area contributed by atoms with Gasteiger partial charge in [0, 0.05) is 7.05 Å². The lowest BCUT2D eigenvalue weighted by atomic mass is 9.95. The molecule has 7 nitrogen and oxygen atoms in total. The van der Waals surface area contributed by atoms with Crippen molar-refractivity contribution >= 4 is 47.0 Å². The third-order valence-electron chi connectivity index (χ3n) is 5.99. The maximum Gasteiger partial charge on any atom is 0.408 e. The lowest BCUT2D eigenvalue weighted by Crippen LogP contribution is -2.51. The Morgan fingerprint density at radius 1 is 1.05 bits per heavy atom. The number of para-hydroxylation sites is 1. The van der Waals surface area contributed by atoms with Gasteiger partial charge in [-0.1, -0.05) is 41.9 Å². The smallest absolute Gasteiger partial charge is 0.408 e. The number of alkyl carbamates (subject to hydrolysis) is 1. The molecule has 0 radical (unpaired) electrons. The highest BCUT2D eigenvalue weighted by molar-refractivity contribution is 7.98. The Balaban J connectivity index is 2.47. The SMILES string of the molecule is CSCCC(NC(=O)OC(C)(C)C)C(=O)N(C)C(C(=O)Nc1c(C)cccc1Cl)c1cccc(C)c1C. The van der Waals surface area contributed by atoms with Crippen LogP contribution in [0, 0.1) is 20.8 Å². The zero-order valence-electron chi connectivity index (χ0n) is 22.9. The van der Waals surface area contributed by atoms with Gasteiger partial charge in [0.2, 0.25) is 5.91 Å². The third-order valence-corrected chi connectivity index (χ3v) is 6.95. The Bertz CT molecular complexity index is 1110. The van der Waals surface area contributed by atoms with Gasteiger partial charge in [0.1, 0.15) is 17.7 Å². The topological polar surface area (TPSA) is 87.7 Å². The lowest BCUT2D eigenvalue weighted by molar-refractivity contribution is -0.139. The third kappa shape index (κ3) is 8.40. The number of carbonyl (C=O) groups is 3. The van der Waals surface area contributed by atoms with E-state index in [0.29, 0.717) is 28.4 Å². The molecule has 2 N–H and O–H groups in total. The van der Waals surface area contributed by atoms with E-state index in [9.17, 15) is 14.4 Å². The number of nitrogens with zero attached hydrogens (tertiary/aromatic N) is 1. The number of nitrogens with one attached hydrogen (secondary N) is 2. The molecule has 0 spiro atoms. The normalized spacial score (nSPS) is 12.9. The summed E-state index contributed by atoms with van der Waals surface area (Å²) >= 11 is 7.94. The van der Waals surface area contributed by atoms with Crippen molar-refractivity contribution in [3.63, 3.8) is 0 Å². The highest BCUT2D eigenvalue weighted by atomic mass is 35.5. The van der Waals surface area contributed by atoms with E-state index in [-0.39, 0.29) is 0 Å². The van der Waals surface area contributed by atoms with Crippen molar-refractivity contribution in [1.29, 1.82) is 0 Å². The lowest BCUT2D eigenvalue weighted by Gasteiger charge is -2.32. The minimum atomic E-state index is -0.958. The second-order valence-electron chi connectivity index (χ2n) is 10.0. The minimum Gasteiger partial charge on any atom is -0.444 e. The van der Waals surface area contributed by atoms with Crippen LogP contribution < -0.4 is 10.6 Å². The zero-order valence-corrected chi connectivity index (χ0v) is 24.5. The number of likely N-dealkylation sites (N-methyl/N-ethyl adjacent to an activating group) is 1. The molecule has 3 amide bonds. The molecule has 0 fully saturated rings. The van der Waals surface area contributed by atoms with Crippen molar-refractivity contribution in [2.75, 3.05) is 24.4 Å². The summed E-state index contributed by atoms with van der Waals surface area (Å²) in [6.45, 7) is 11.0. The molecule has 0 bridgehead atoms. The summed E-state index contributed by atoms with van der Waals surface area (Å²) in [6.07, 6.45) is 1.63. The molecule has 2 aromatic rings. The van der Waals surface area contributed by atoms with Crippen LogP contribution in [0.25, 0.3) is 0 Å². The predicted octanol–water partition coefficient (Wildman–Crippen LogP) is 6.05. The van der Waals surface area contributed by atoms with E-state index < -0.39 is 35.6 Å². The van der Waals surface area contributed by atoms with Gasteiger partial charge >= 0.3 is 6.09 Å². The molecule has 2 rings (SSSR count). The van der Waals surface area contributed by atoms with Gasteiger partial charge in [0.05, 0.1) is 10.7 Å².